The monoisotopic (exact) mass is 506 g/mol. The second kappa shape index (κ2) is 9.13. The first-order valence-electron chi connectivity index (χ1n) is 11.6. The van der Waals surface area contributed by atoms with Gasteiger partial charge in [0.2, 0.25) is 0 Å². The van der Waals surface area contributed by atoms with E-state index >= 15 is 0 Å². The molecule has 188 valence electrons. The molecule has 8 nitrogen and oxygen atoms in total. The molecule has 1 N–H and O–H groups in total. The number of benzene rings is 2. The second-order valence-electron chi connectivity index (χ2n) is 8.80. The number of nitrogens with zero attached hydrogens (tertiary/aromatic N) is 5. The molecule has 0 radical (unpaired) electrons. The number of amides is 1. The van der Waals surface area contributed by atoms with Gasteiger partial charge in [-0.05, 0) is 74.7 Å². The Morgan fingerprint density at radius 3 is 2.46 bits per heavy atom. The number of aromatic nitrogens is 4. The number of imidazole rings is 1. The Labute approximate surface area is 209 Å². The highest BCUT2D eigenvalue weighted by Gasteiger charge is 2.32. The maximum atomic E-state index is 13.6. The van der Waals surface area contributed by atoms with Crippen LogP contribution in [0.2, 0.25) is 0 Å². The van der Waals surface area contributed by atoms with Gasteiger partial charge in [-0.15, -0.1) is 0 Å². The van der Waals surface area contributed by atoms with Gasteiger partial charge in [0.05, 0.1) is 46.2 Å². The van der Waals surface area contributed by atoms with E-state index in [9.17, 15) is 22.8 Å². The smallest absolute Gasteiger partial charge is 0.335 e. The molecule has 0 unspecified atom stereocenters. The zero-order valence-electron chi connectivity index (χ0n) is 19.7. The van der Waals surface area contributed by atoms with Crippen LogP contribution >= 0.6 is 0 Å². The van der Waals surface area contributed by atoms with Crippen LogP contribution in [0.15, 0.2) is 65.6 Å². The Morgan fingerprint density at radius 1 is 1.11 bits per heavy atom. The summed E-state index contributed by atoms with van der Waals surface area (Å²) >= 11 is 0. The lowest BCUT2D eigenvalue weighted by atomic mass is 9.93. The molecule has 5 rings (SSSR count). The van der Waals surface area contributed by atoms with Crippen molar-refractivity contribution in [3.05, 3.63) is 88.1 Å². The minimum Gasteiger partial charge on any atom is -0.335 e. The first-order valence-corrected chi connectivity index (χ1v) is 11.6. The number of carbonyl (C=O) groups is 1. The molecule has 2 aromatic heterocycles. The molecule has 0 aliphatic heterocycles. The summed E-state index contributed by atoms with van der Waals surface area (Å²) in [7, 11) is 0. The van der Waals surface area contributed by atoms with Crippen molar-refractivity contribution in [2.75, 3.05) is 0 Å². The molecular weight excluding hydrogens is 485 g/mol. The van der Waals surface area contributed by atoms with E-state index in [0.29, 0.717) is 16.9 Å². The number of halogens is 3. The molecule has 1 amide bonds. The van der Waals surface area contributed by atoms with Gasteiger partial charge in [0.25, 0.3) is 0 Å². The van der Waals surface area contributed by atoms with Crippen LogP contribution in [0.3, 0.4) is 0 Å². The van der Waals surface area contributed by atoms with Gasteiger partial charge < -0.3 is 5.32 Å². The largest absolute Gasteiger partial charge is 0.416 e. The van der Waals surface area contributed by atoms with E-state index < -0.39 is 23.5 Å². The summed E-state index contributed by atoms with van der Waals surface area (Å²) < 4.78 is 43.8. The molecule has 2 heterocycles. The van der Waals surface area contributed by atoms with E-state index in [2.05, 4.69) is 10.4 Å². The van der Waals surface area contributed by atoms with Crippen LogP contribution in [0.1, 0.15) is 36.1 Å². The molecule has 0 atom stereocenters. The SMILES string of the molecule is Cc1c(-c2ccnn2-c2ccc(C#N)cc2)n(C(=O)NC2CCC2)c(=O)n1-c1cccc(C(F)(F)F)c1. The van der Waals surface area contributed by atoms with Crippen molar-refractivity contribution in [2.45, 2.75) is 38.4 Å². The number of nitriles is 1. The van der Waals surface area contributed by atoms with Gasteiger partial charge in [-0.25, -0.2) is 18.8 Å². The maximum absolute atomic E-state index is 13.6. The van der Waals surface area contributed by atoms with E-state index in [1.807, 2.05) is 6.07 Å². The van der Waals surface area contributed by atoms with Gasteiger partial charge in [-0.1, -0.05) is 6.07 Å². The molecule has 1 aliphatic rings. The number of hydrogen-bond donors (Lipinski definition) is 1. The molecule has 1 saturated carbocycles. The highest BCUT2D eigenvalue weighted by Crippen LogP contribution is 2.32. The first-order chi connectivity index (χ1) is 17.7. The van der Waals surface area contributed by atoms with Gasteiger partial charge in [0.15, 0.2) is 0 Å². The van der Waals surface area contributed by atoms with Gasteiger partial charge in [-0.2, -0.15) is 23.5 Å². The van der Waals surface area contributed by atoms with E-state index in [1.165, 1.54) is 23.0 Å². The highest BCUT2D eigenvalue weighted by molar-refractivity contribution is 5.83. The van der Waals surface area contributed by atoms with Gasteiger partial charge in [-0.3, -0.25) is 4.57 Å². The van der Waals surface area contributed by atoms with Crippen LogP contribution in [0.5, 0.6) is 0 Å². The Balaban J connectivity index is 1.71. The molecular formula is C26H21F3N6O2. The lowest BCUT2D eigenvalue weighted by molar-refractivity contribution is -0.137. The van der Waals surface area contributed by atoms with Crippen molar-refractivity contribution in [3.8, 4) is 28.8 Å². The fourth-order valence-electron chi connectivity index (χ4n) is 4.38. The van der Waals surface area contributed by atoms with Crippen LogP contribution in [-0.2, 0) is 6.18 Å². The molecule has 11 heteroatoms. The summed E-state index contributed by atoms with van der Waals surface area (Å²) in [6.45, 7) is 1.57. The van der Waals surface area contributed by atoms with Crippen molar-refractivity contribution in [1.82, 2.24) is 24.2 Å². The number of rotatable bonds is 4. The van der Waals surface area contributed by atoms with Crippen LogP contribution in [0, 0.1) is 18.3 Å². The number of carbonyl (C=O) groups excluding carboxylic acids is 1. The molecule has 0 saturated heterocycles. The summed E-state index contributed by atoms with van der Waals surface area (Å²) in [6.07, 6.45) is -0.580. The Hall–Kier alpha value is -4.59. The molecule has 0 spiro atoms. The van der Waals surface area contributed by atoms with E-state index in [1.54, 1.807) is 37.3 Å². The summed E-state index contributed by atoms with van der Waals surface area (Å²) in [5.41, 5.74) is 0.143. The van der Waals surface area contributed by atoms with Gasteiger partial charge in [0, 0.05) is 6.04 Å². The zero-order valence-corrected chi connectivity index (χ0v) is 19.7. The van der Waals surface area contributed by atoms with Gasteiger partial charge in [0.1, 0.15) is 5.69 Å². The van der Waals surface area contributed by atoms with Crippen molar-refractivity contribution in [1.29, 1.82) is 5.26 Å². The summed E-state index contributed by atoms with van der Waals surface area (Å²) in [5, 5.41) is 16.3. The predicted molar refractivity (Wildman–Crippen MR) is 129 cm³/mol. The summed E-state index contributed by atoms with van der Waals surface area (Å²) in [4.78, 5) is 27.0. The lowest BCUT2D eigenvalue weighted by Gasteiger charge is -2.26. The quantitative estimate of drug-likeness (QED) is 0.430. The number of nitrogens with one attached hydrogen (secondary N) is 1. The average molecular weight is 506 g/mol. The number of alkyl halides is 3. The molecule has 4 aromatic rings. The third kappa shape index (κ3) is 4.31. The normalized spacial score (nSPS) is 13.7. The third-order valence-corrected chi connectivity index (χ3v) is 6.48. The summed E-state index contributed by atoms with van der Waals surface area (Å²) in [6, 6.07) is 13.9. The van der Waals surface area contributed by atoms with Crippen molar-refractivity contribution in [2.24, 2.45) is 0 Å². The Morgan fingerprint density at radius 2 is 1.84 bits per heavy atom. The minimum absolute atomic E-state index is 0.0155. The van der Waals surface area contributed by atoms with Crippen molar-refractivity contribution >= 4 is 6.03 Å². The fourth-order valence-corrected chi connectivity index (χ4v) is 4.38. The molecule has 0 bridgehead atoms. The van der Waals surface area contributed by atoms with Crippen LogP contribution in [-0.4, -0.2) is 31.0 Å². The fraction of sp³-hybridized carbons (Fsp3) is 0.231. The van der Waals surface area contributed by atoms with Crippen LogP contribution < -0.4 is 11.0 Å². The Bertz CT molecular complexity index is 1580. The molecule has 1 aliphatic carbocycles. The summed E-state index contributed by atoms with van der Waals surface area (Å²) in [5.74, 6) is 0. The molecule has 37 heavy (non-hydrogen) atoms. The third-order valence-electron chi connectivity index (χ3n) is 6.48. The number of hydrogen-bond acceptors (Lipinski definition) is 4. The Kier molecular flexibility index (Phi) is 5.95. The van der Waals surface area contributed by atoms with Crippen LogP contribution in [0.4, 0.5) is 18.0 Å². The van der Waals surface area contributed by atoms with Crippen molar-refractivity contribution < 1.29 is 18.0 Å². The highest BCUT2D eigenvalue weighted by atomic mass is 19.4. The lowest BCUT2D eigenvalue weighted by Crippen LogP contribution is -2.45. The standard InChI is InChI=1S/C26H21F3N6O2/c1-16-23(22-12-13-31-35(22)20-10-8-17(15-30)9-11-20)34(24(36)32-19-5-3-6-19)25(37)33(16)21-7-2-4-18(14-21)26(27,28)29/h2,4,7-14,19H,3,5-6H2,1H3,(H,32,36). The molecule has 2 aromatic carbocycles. The zero-order chi connectivity index (χ0) is 26.3. The van der Waals surface area contributed by atoms with E-state index in [4.69, 9.17) is 5.26 Å². The maximum Gasteiger partial charge on any atom is 0.416 e. The minimum atomic E-state index is -4.60. The van der Waals surface area contributed by atoms with Crippen molar-refractivity contribution in [3.63, 3.8) is 0 Å². The van der Waals surface area contributed by atoms with Gasteiger partial charge >= 0.3 is 17.9 Å². The molecule has 1 fully saturated rings. The average Bonchev–Trinajstić information content (AvgIpc) is 3.42. The van der Waals surface area contributed by atoms with E-state index in [0.717, 1.165) is 40.5 Å². The first kappa shape index (κ1) is 24.1. The topological polar surface area (TPSA) is 97.6 Å². The van der Waals surface area contributed by atoms with E-state index in [-0.39, 0.29) is 23.1 Å². The predicted octanol–water partition coefficient (Wildman–Crippen LogP) is 4.80. The second-order valence-corrected chi connectivity index (χ2v) is 8.80. The van der Waals surface area contributed by atoms with Crippen LogP contribution in [0.25, 0.3) is 22.8 Å².